The number of benzene rings is 2. The molecule has 1 N–H and O–H groups in total. The lowest BCUT2D eigenvalue weighted by Crippen LogP contribution is -2.51. The van der Waals surface area contributed by atoms with Crippen LogP contribution in [0.15, 0.2) is 48.5 Å². The van der Waals surface area contributed by atoms with Crippen LogP contribution < -0.4 is 5.32 Å². The molecule has 0 radical (unpaired) electrons. The van der Waals surface area contributed by atoms with Crippen LogP contribution >= 0.6 is 0 Å². The van der Waals surface area contributed by atoms with Crippen LogP contribution in [0.2, 0.25) is 0 Å². The van der Waals surface area contributed by atoms with Crippen LogP contribution in [-0.4, -0.2) is 91.2 Å². The minimum Gasteiger partial charge on any atom is -0.360 e. The van der Waals surface area contributed by atoms with Gasteiger partial charge in [-0.3, -0.25) is 9.59 Å². The van der Waals surface area contributed by atoms with Crippen molar-refractivity contribution in [3.8, 4) is 17.2 Å². The molecule has 0 aliphatic carbocycles. The first-order valence-corrected chi connectivity index (χ1v) is 13.5. The summed E-state index contributed by atoms with van der Waals surface area (Å²) in [4.78, 5) is 45.3. The van der Waals surface area contributed by atoms with Gasteiger partial charge in [-0.2, -0.15) is 18.4 Å². The molecular formula is C29H32F3N5O4. The fourth-order valence-electron chi connectivity index (χ4n) is 4.90. The largest absolute Gasteiger partial charge is 0.492 e. The molecule has 9 nitrogen and oxygen atoms in total. The number of nitrogens with one attached hydrogen (secondary N) is 1. The van der Waals surface area contributed by atoms with Crippen molar-refractivity contribution in [2.45, 2.75) is 37.4 Å². The fraction of sp³-hybridized carbons (Fsp3) is 0.448. The van der Waals surface area contributed by atoms with Gasteiger partial charge in [-0.15, -0.1) is 5.06 Å². The summed E-state index contributed by atoms with van der Waals surface area (Å²) in [6, 6.07) is 15.7. The Balaban J connectivity index is 1.34. The van der Waals surface area contributed by atoms with Crippen molar-refractivity contribution in [3.05, 3.63) is 59.7 Å². The second-order valence-corrected chi connectivity index (χ2v) is 10.3. The Labute approximate surface area is 236 Å². The summed E-state index contributed by atoms with van der Waals surface area (Å²) in [7, 11) is 2.03. The first kappa shape index (κ1) is 30.0. The predicted molar refractivity (Wildman–Crippen MR) is 143 cm³/mol. The first-order valence-electron chi connectivity index (χ1n) is 13.5. The molecule has 2 aliphatic heterocycles. The second-order valence-electron chi connectivity index (χ2n) is 10.3. The van der Waals surface area contributed by atoms with Gasteiger partial charge in [0.25, 0.3) is 5.91 Å². The number of piperazine rings is 1. The number of rotatable bonds is 7. The third kappa shape index (κ3) is 7.62. The molecule has 2 atom stereocenters. The van der Waals surface area contributed by atoms with Gasteiger partial charge in [0, 0.05) is 44.8 Å². The zero-order valence-corrected chi connectivity index (χ0v) is 22.7. The summed E-state index contributed by atoms with van der Waals surface area (Å²) >= 11 is 0. The van der Waals surface area contributed by atoms with Gasteiger partial charge in [-0.1, -0.05) is 36.4 Å². The molecule has 12 heteroatoms. The van der Waals surface area contributed by atoms with E-state index in [1.165, 1.54) is 0 Å². The number of nitriles is 1. The van der Waals surface area contributed by atoms with Crippen LogP contribution in [-0.2, 0) is 14.4 Å². The van der Waals surface area contributed by atoms with E-state index in [0.717, 1.165) is 29.3 Å². The number of carbonyl (C=O) groups excluding carboxylic acids is 3. The minimum atomic E-state index is -5.17. The lowest BCUT2D eigenvalue weighted by atomic mass is 9.96. The molecule has 218 valence electrons. The third-order valence-electron chi connectivity index (χ3n) is 7.39. The summed E-state index contributed by atoms with van der Waals surface area (Å²) in [6.07, 6.45) is -3.87. The van der Waals surface area contributed by atoms with Crippen molar-refractivity contribution in [1.29, 1.82) is 5.26 Å². The highest BCUT2D eigenvalue weighted by molar-refractivity contribution is 5.94. The lowest BCUT2D eigenvalue weighted by Gasteiger charge is -2.32. The number of halogens is 3. The van der Waals surface area contributed by atoms with Crippen LogP contribution in [0.25, 0.3) is 11.1 Å². The van der Waals surface area contributed by atoms with E-state index in [1.807, 2.05) is 36.2 Å². The maximum atomic E-state index is 12.8. The molecule has 0 saturated carbocycles. The number of amides is 2. The average molecular weight is 572 g/mol. The summed E-state index contributed by atoms with van der Waals surface area (Å²) in [5, 5.41) is 13.1. The fourth-order valence-corrected chi connectivity index (χ4v) is 4.90. The molecule has 4 rings (SSSR count). The Bertz CT molecular complexity index is 1270. The predicted octanol–water partition coefficient (Wildman–Crippen LogP) is 3.34. The quantitative estimate of drug-likeness (QED) is 0.544. The lowest BCUT2D eigenvalue weighted by molar-refractivity contribution is -0.248. The normalized spacial score (nSPS) is 19.2. The number of carbonyl (C=O) groups is 3. The van der Waals surface area contributed by atoms with Gasteiger partial charge in [0.15, 0.2) is 0 Å². The van der Waals surface area contributed by atoms with Crippen molar-refractivity contribution in [3.63, 3.8) is 0 Å². The number of hydroxylamine groups is 2. The maximum absolute atomic E-state index is 12.8. The Kier molecular flexibility index (Phi) is 9.62. The van der Waals surface area contributed by atoms with Crippen molar-refractivity contribution in [2.75, 3.05) is 46.3 Å². The van der Waals surface area contributed by atoms with Crippen molar-refractivity contribution < 1.29 is 32.4 Å². The van der Waals surface area contributed by atoms with Crippen molar-refractivity contribution in [2.24, 2.45) is 0 Å². The highest BCUT2D eigenvalue weighted by Gasteiger charge is 2.44. The number of hydrogen-bond donors (Lipinski definition) is 1. The second kappa shape index (κ2) is 13.1. The van der Waals surface area contributed by atoms with Crippen LogP contribution in [0.4, 0.5) is 13.2 Å². The molecule has 2 aromatic rings. The zero-order chi connectivity index (χ0) is 29.6. The number of likely N-dealkylation sites (N-methyl/N-ethyl adjacent to an activating group) is 1. The highest BCUT2D eigenvalue weighted by Crippen LogP contribution is 2.25. The SMILES string of the molecule is CN1CCN(C(=O)c2ccc(-c3ccc([C@@H](C#N)CNC(=O)[C@@H]4CCCCN4OC(=O)C(F)(F)F)cc3)cc2)CC1. The van der Waals surface area contributed by atoms with Gasteiger partial charge >= 0.3 is 12.1 Å². The molecule has 2 fully saturated rings. The molecule has 0 bridgehead atoms. The van der Waals surface area contributed by atoms with Gasteiger partial charge in [0.1, 0.15) is 6.04 Å². The summed E-state index contributed by atoms with van der Waals surface area (Å²) in [5.74, 6) is -3.67. The molecule has 0 aromatic heterocycles. The Hall–Kier alpha value is -3.95. The van der Waals surface area contributed by atoms with E-state index in [-0.39, 0.29) is 25.4 Å². The Morgan fingerprint density at radius 1 is 0.976 bits per heavy atom. The van der Waals surface area contributed by atoms with Gasteiger partial charge in [0.05, 0.1) is 12.0 Å². The minimum absolute atomic E-state index is 0.00798. The van der Waals surface area contributed by atoms with Crippen molar-refractivity contribution >= 4 is 17.8 Å². The van der Waals surface area contributed by atoms with Crippen LogP contribution in [0.1, 0.15) is 41.1 Å². The van der Waals surface area contributed by atoms with Gasteiger partial charge in [-0.25, -0.2) is 4.79 Å². The molecular weight excluding hydrogens is 539 g/mol. The number of alkyl halides is 3. The number of hydrogen-bond acceptors (Lipinski definition) is 7. The van der Waals surface area contributed by atoms with E-state index in [1.54, 1.807) is 24.3 Å². The average Bonchev–Trinajstić information content (AvgIpc) is 2.97. The monoisotopic (exact) mass is 571 g/mol. The van der Waals surface area contributed by atoms with Gasteiger partial charge < -0.3 is 20.0 Å². The molecule has 2 amide bonds. The summed E-state index contributed by atoms with van der Waals surface area (Å²) < 4.78 is 37.9. The van der Waals surface area contributed by atoms with Crippen LogP contribution in [0.5, 0.6) is 0 Å². The third-order valence-corrected chi connectivity index (χ3v) is 7.39. The Morgan fingerprint density at radius 2 is 1.59 bits per heavy atom. The van der Waals surface area contributed by atoms with Gasteiger partial charge in [-0.05, 0) is 55.1 Å². The smallest absolute Gasteiger partial charge is 0.360 e. The van der Waals surface area contributed by atoms with E-state index >= 15 is 0 Å². The molecule has 2 aliphatic rings. The maximum Gasteiger partial charge on any atom is 0.492 e. The first-order chi connectivity index (χ1) is 19.6. The van der Waals surface area contributed by atoms with Crippen LogP contribution in [0.3, 0.4) is 0 Å². The molecule has 2 heterocycles. The topological polar surface area (TPSA) is 106 Å². The number of piperidine rings is 1. The molecule has 2 aromatic carbocycles. The van der Waals surface area contributed by atoms with Crippen LogP contribution in [0, 0.1) is 11.3 Å². The molecule has 0 spiro atoms. The van der Waals surface area contributed by atoms with E-state index in [0.29, 0.717) is 37.1 Å². The van der Waals surface area contributed by atoms with E-state index < -0.39 is 30.0 Å². The zero-order valence-electron chi connectivity index (χ0n) is 22.7. The van der Waals surface area contributed by atoms with E-state index in [9.17, 15) is 32.8 Å². The summed E-state index contributed by atoms with van der Waals surface area (Å²) in [5.41, 5.74) is 3.07. The Morgan fingerprint density at radius 3 is 2.17 bits per heavy atom. The van der Waals surface area contributed by atoms with E-state index in [4.69, 9.17) is 0 Å². The van der Waals surface area contributed by atoms with Gasteiger partial charge in [0.2, 0.25) is 5.91 Å². The molecule has 0 unspecified atom stereocenters. The van der Waals surface area contributed by atoms with Crippen molar-refractivity contribution in [1.82, 2.24) is 20.2 Å². The standard InChI is InChI=1S/C29H32F3N5O4/c1-35-14-16-36(17-15-35)27(39)23-11-9-21(10-12-23)20-5-7-22(8-6-20)24(18-33)19-34-26(38)25-4-2-3-13-37(25)41-28(40)29(30,31)32/h5-12,24-25H,2-4,13-17,19H2,1H3,(H,34,38)/t24-,25-/m0/s1. The van der Waals surface area contributed by atoms with E-state index in [2.05, 4.69) is 21.1 Å². The molecule has 41 heavy (non-hydrogen) atoms. The highest BCUT2D eigenvalue weighted by atomic mass is 19.4. The number of nitrogens with zero attached hydrogens (tertiary/aromatic N) is 4. The molecule has 2 saturated heterocycles. The summed E-state index contributed by atoms with van der Waals surface area (Å²) in [6.45, 7) is 3.04.